The molecule has 1 aromatic rings. The van der Waals surface area contributed by atoms with Gasteiger partial charge in [-0.3, -0.25) is 9.80 Å². The third-order valence-electron chi connectivity index (χ3n) is 5.29. The molecule has 2 saturated heterocycles. The SMILES string of the molecule is CC(c1nc(C(C)(C)C)no1)N1CCC(CN2CCOCC2)CC1. The molecular weight excluding hydrogens is 304 g/mol. The van der Waals surface area contributed by atoms with Crippen LogP contribution in [0.4, 0.5) is 0 Å². The van der Waals surface area contributed by atoms with Gasteiger partial charge < -0.3 is 9.26 Å². The van der Waals surface area contributed by atoms with E-state index in [0.29, 0.717) is 0 Å². The molecule has 2 aliphatic heterocycles. The van der Waals surface area contributed by atoms with Crippen molar-refractivity contribution >= 4 is 0 Å². The smallest absolute Gasteiger partial charge is 0.243 e. The molecule has 2 aliphatic rings. The Balaban J connectivity index is 1.49. The quantitative estimate of drug-likeness (QED) is 0.842. The Bertz CT molecular complexity index is 511. The van der Waals surface area contributed by atoms with Crippen molar-refractivity contribution in [3.05, 3.63) is 11.7 Å². The Labute approximate surface area is 145 Å². The minimum absolute atomic E-state index is 0.0629. The first-order valence-corrected chi connectivity index (χ1v) is 9.31. The lowest BCUT2D eigenvalue weighted by Crippen LogP contribution is -2.43. The first kappa shape index (κ1) is 17.8. The fraction of sp³-hybridized carbons (Fsp3) is 0.889. The van der Waals surface area contributed by atoms with Crippen LogP contribution in [0.2, 0.25) is 0 Å². The Morgan fingerprint density at radius 1 is 1.12 bits per heavy atom. The van der Waals surface area contributed by atoms with Crippen LogP contribution in [0.15, 0.2) is 4.52 Å². The number of likely N-dealkylation sites (tertiary alicyclic amines) is 1. The van der Waals surface area contributed by atoms with Gasteiger partial charge >= 0.3 is 0 Å². The minimum atomic E-state index is -0.0629. The summed E-state index contributed by atoms with van der Waals surface area (Å²) in [6, 6.07) is 0.206. The molecule has 6 heteroatoms. The third kappa shape index (κ3) is 4.35. The average molecular weight is 336 g/mol. The second kappa shape index (κ2) is 7.50. The molecule has 0 N–H and O–H groups in total. The van der Waals surface area contributed by atoms with Crippen molar-refractivity contribution in [3.8, 4) is 0 Å². The number of aromatic nitrogens is 2. The molecular formula is C18H32N4O2. The molecule has 0 bridgehead atoms. The van der Waals surface area contributed by atoms with Crippen molar-refractivity contribution in [2.45, 2.75) is 52.0 Å². The lowest BCUT2D eigenvalue weighted by molar-refractivity contribution is 0.0217. The molecule has 0 radical (unpaired) electrons. The Morgan fingerprint density at radius 3 is 2.38 bits per heavy atom. The van der Waals surface area contributed by atoms with Gasteiger partial charge in [-0.15, -0.1) is 0 Å². The predicted molar refractivity (Wildman–Crippen MR) is 93.0 cm³/mol. The lowest BCUT2D eigenvalue weighted by atomic mass is 9.95. The van der Waals surface area contributed by atoms with Gasteiger partial charge in [0.15, 0.2) is 5.82 Å². The monoisotopic (exact) mass is 336 g/mol. The summed E-state index contributed by atoms with van der Waals surface area (Å²) in [4.78, 5) is 9.67. The van der Waals surface area contributed by atoms with Crippen LogP contribution in [0.3, 0.4) is 0 Å². The average Bonchev–Trinajstić information content (AvgIpc) is 3.06. The summed E-state index contributed by atoms with van der Waals surface area (Å²) in [5.74, 6) is 2.36. The topological polar surface area (TPSA) is 54.6 Å². The van der Waals surface area contributed by atoms with E-state index in [4.69, 9.17) is 9.26 Å². The number of rotatable bonds is 4. The maximum Gasteiger partial charge on any atom is 0.243 e. The van der Waals surface area contributed by atoms with Crippen LogP contribution >= 0.6 is 0 Å². The van der Waals surface area contributed by atoms with Crippen molar-refractivity contribution in [2.24, 2.45) is 5.92 Å². The Hall–Kier alpha value is -0.980. The summed E-state index contributed by atoms with van der Waals surface area (Å²) in [5, 5.41) is 4.16. The Kier molecular flexibility index (Phi) is 5.57. The largest absolute Gasteiger partial charge is 0.379 e. The van der Waals surface area contributed by atoms with Crippen molar-refractivity contribution in [1.29, 1.82) is 0 Å². The summed E-state index contributed by atoms with van der Waals surface area (Å²) in [5.41, 5.74) is -0.0629. The van der Waals surface area contributed by atoms with Gasteiger partial charge in [-0.05, 0) is 38.8 Å². The van der Waals surface area contributed by atoms with Gasteiger partial charge in [0.1, 0.15) is 0 Å². The van der Waals surface area contributed by atoms with Crippen molar-refractivity contribution in [2.75, 3.05) is 45.9 Å². The maximum atomic E-state index is 5.53. The van der Waals surface area contributed by atoms with Crippen molar-refractivity contribution in [1.82, 2.24) is 19.9 Å². The third-order valence-corrected chi connectivity index (χ3v) is 5.29. The fourth-order valence-corrected chi connectivity index (χ4v) is 3.54. The highest BCUT2D eigenvalue weighted by atomic mass is 16.5. The van der Waals surface area contributed by atoms with E-state index in [1.165, 1.54) is 19.4 Å². The van der Waals surface area contributed by atoms with E-state index in [9.17, 15) is 0 Å². The zero-order valence-corrected chi connectivity index (χ0v) is 15.6. The van der Waals surface area contributed by atoms with E-state index in [1.807, 2.05) is 0 Å². The fourth-order valence-electron chi connectivity index (χ4n) is 3.54. The van der Waals surface area contributed by atoms with Gasteiger partial charge in [0, 0.05) is 25.0 Å². The number of ether oxygens (including phenoxy) is 1. The molecule has 3 rings (SSSR count). The maximum absolute atomic E-state index is 5.53. The van der Waals surface area contributed by atoms with E-state index < -0.39 is 0 Å². The number of nitrogens with zero attached hydrogens (tertiary/aromatic N) is 4. The molecule has 0 aromatic carbocycles. The second-order valence-corrected chi connectivity index (χ2v) is 8.27. The van der Waals surface area contributed by atoms with Gasteiger partial charge in [-0.2, -0.15) is 4.98 Å². The standard InChI is InChI=1S/C18H32N4O2/c1-14(16-19-17(20-24-16)18(2,3)4)22-7-5-15(6-8-22)13-21-9-11-23-12-10-21/h14-15H,5-13H2,1-4H3. The molecule has 136 valence electrons. The van der Waals surface area contributed by atoms with Gasteiger partial charge in [0.05, 0.1) is 19.3 Å². The summed E-state index contributed by atoms with van der Waals surface area (Å²) in [7, 11) is 0. The van der Waals surface area contributed by atoms with Crippen molar-refractivity contribution < 1.29 is 9.26 Å². The van der Waals surface area contributed by atoms with Crippen LogP contribution in [0.5, 0.6) is 0 Å². The van der Waals surface area contributed by atoms with E-state index >= 15 is 0 Å². The Morgan fingerprint density at radius 2 is 1.79 bits per heavy atom. The molecule has 2 fully saturated rings. The highest BCUT2D eigenvalue weighted by Crippen LogP contribution is 2.28. The first-order chi connectivity index (χ1) is 11.4. The molecule has 1 atom stereocenters. The van der Waals surface area contributed by atoms with Crippen molar-refractivity contribution in [3.63, 3.8) is 0 Å². The summed E-state index contributed by atoms with van der Waals surface area (Å²) >= 11 is 0. The number of hydrogen-bond donors (Lipinski definition) is 0. The molecule has 1 aromatic heterocycles. The highest BCUT2D eigenvalue weighted by Gasteiger charge is 2.29. The van der Waals surface area contributed by atoms with E-state index in [2.05, 4.69) is 47.6 Å². The molecule has 3 heterocycles. The van der Waals surface area contributed by atoms with Crippen LogP contribution in [-0.2, 0) is 10.2 Å². The van der Waals surface area contributed by atoms with Gasteiger partial charge in [0.2, 0.25) is 5.89 Å². The zero-order chi connectivity index (χ0) is 17.2. The summed E-state index contributed by atoms with van der Waals surface area (Å²) in [6.45, 7) is 15.9. The molecule has 24 heavy (non-hydrogen) atoms. The predicted octanol–water partition coefficient (Wildman–Crippen LogP) is 2.47. The lowest BCUT2D eigenvalue weighted by Gasteiger charge is -2.37. The van der Waals surface area contributed by atoms with E-state index in [0.717, 1.165) is 57.0 Å². The second-order valence-electron chi connectivity index (χ2n) is 8.27. The van der Waals surface area contributed by atoms with Crippen LogP contribution in [0, 0.1) is 5.92 Å². The van der Waals surface area contributed by atoms with Crippen LogP contribution < -0.4 is 0 Å². The minimum Gasteiger partial charge on any atom is -0.379 e. The van der Waals surface area contributed by atoms with Gasteiger partial charge in [0.25, 0.3) is 0 Å². The molecule has 0 aliphatic carbocycles. The van der Waals surface area contributed by atoms with E-state index in [-0.39, 0.29) is 11.5 Å². The number of hydrogen-bond acceptors (Lipinski definition) is 6. The van der Waals surface area contributed by atoms with Crippen LogP contribution in [0.1, 0.15) is 58.3 Å². The number of morpholine rings is 1. The first-order valence-electron chi connectivity index (χ1n) is 9.31. The number of piperidine rings is 1. The molecule has 1 unspecified atom stereocenters. The summed E-state index contributed by atoms with van der Waals surface area (Å²) < 4.78 is 11.0. The summed E-state index contributed by atoms with van der Waals surface area (Å²) in [6.07, 6.45) is 2.50. The molecule has 0 spiro atoms. The van der Waals surface area contributed by atoms with E-state index in [1.54, 1.807) is 0 Å². The highest BCUT2D eigenvalue weighted by molar-refractivity contribution is 5.02. The molecule has 6 nitrogen and oxygen atoms in total. The van der Waals surface area contributed by atoms with Gasteiger partial charge in [-0.25, -0.2) is 0 Å². The zero-order valence-electron chi connectivity index (χ0n) is 15.6. The normalized spacial score (nSPS) is 23.5. The van der Waals surface area contributed by atoms with Gasteiger partial charge in [-0.1, -0.05) is 25.9 Å². The van der Waals surface area contributed by atoms with Crippen LogP contribution in [-0.4, -0.2) is 65.9 Å². The molecule has 0 saturated carbocycles. The van der Waals surface area contributed by atoms with Crippen LogP contribution in [0.25, 0.3) is 0 Å². The molecule has 0 amide bonds.